The first-order valence-electron chi connectivity index (χ1n) is 6.93. The van der Waals surface area contributed by atoms with Gasteiger partial charge in [0.25, 0.3) is 5.91 Å². The quantitative estimate of drug-likeness (QED) is 0.912. The highest BCUT2D eigenvalue weighted by atomic mass is 16.3. The van der Waals surface area contributed by atoms with Gasteiger partial charge in [0.05, 0.1) is 6.26 Å². The molecule has 1 atom stereocenters. The molecule has 1 amide bonds. The summed E-state index contributed by atoms with van der Waals surface area (Å²) in [6.45, 7) is 0.717. The molecule has 1 aromatic carbocycles. The van der Waals surface area contributed by atoms with E-state index in [1.807, 2.05) is 30.1 Å². The second kappa shape index (κ2) is 5.51. The lowest BCUT2D eigenvalue weighted by molar-refractivity contribution is 0.0960. The number of hydrogen-bond donors (Lipinski definition) is 1. The van der Waals surface area contributed by atoms with Gasteiger partial charge in [0.1, 0.15) is 0 Å². The zero-order valence-electron chi connectivity index (χ0n) is 11.5. The minimum atomic E-state index is -0.0702. The van der Waals surface area contributed by atoms with Crippen molar-refractivity contribution in [2.45, 2.75) is 18.9 Å². The van der Waals surface area contributed by atoms with E-state index in [2.05, 4.69) is 11.4 Å². The lowest BCUT2D eigenvalue weighted by atomic mass is 10.0. The fourth-order valence-electron chi connectivity index (χ4n) is 2.80. The predicted molar refractivity (Wildman–Crippen MR) is 77.9 cm³/mol. The van der Waals surface area contributed by atoms with Crippen LogP contribution in [0.4, 0.5) is 5.69 Å². The molecule has 0 fully saturated rings. The first-order chi connectivity index (χ1) is 9.81. The molecule has 1 unspecified atom stereocenters. The largest absolute Gasteiger partial charge is 0.459 e. The Kier molecular flexibility index (Phi) is 3.56. The van der Waals surface area contributed by atoms with Gasteiger partial charge in [-0.05, 0) is 43.7 Å². The number of carbonyl (C=O) groups excluding carboxylic acids is 1. The lowest BCUT2D eigenvalue weighted by Gasteiger charge is -2.23. The Labute approximate surface area is 118 Å². The van der Waals surface area contributed by atoms with Gasteiger partial charge in [-0.2, -0.15) is 0 Å². The molecule has 0 saturated carbocycles. The van der Waals surface area contributed by atoms with E-state index in [1.165, 1.54) is 11.8 Å². The van der Waals surface area contributed by atoms with Crippen LogP contribution in [0.1, 0.15) is 35.0 Å². The highest BCUT2D eigenvalue weighted by Crippen LogP contribution is 2.33. The van der Waals surface area contributed by atoms with E-state index in [4.69, 9.17) is 4.42 Å². The lowest BCUT2D eigenvalue weighted by Crippen LogP contribution is -2.31. The zero-order valence-corrected chi connectivity index (χ0v) is 11.5. The minimum absolute atomic E-state index is 0.0702. The maximum Gasteiger partial charge on any atom is 0.293 e. The van der Waals surface area contributed by atoms with Crippen molar-refractivity contribution in [3.05, 3.63) is 54.0 Å². The van der Waals surface area contributed by atoms with Crippen LogP contribution in [0.2, 0.25) is 0 Å². The first-order valence-corrected chi connectivity index (χ1v) is 6.93. The van der Waals surface area contributed by atoms with Crippen LogP contribution in [0.5, 0.6) is 0 Å². The number of nitrogens with zero attached hydrogens (tertiary/aromatic N) is 1. The van der Waals surface area contributed by atoms with E-state index in [9.17, 15) is 4.79 Å². The molecule has 1 aliphatic heterocycles. The van der Waals surface area contributed by atoms with Crippen molar-refractivity contribution in [2.24, 2.45) is 0 Å². The van der Waals surface area contributed by atoms with Crippen LogP contribution in [0.25, 0.3) is 0 Å². The average molecular weight is 270 g/mol. The number of hydrogen-bond acceptors (Lipinski definition) is 3. The molecule has 1 aromatic heterocycles. The second-order valence-electron chi connectivity index (χ2n) is 4.98. The maximum atomic E-state index is 12.6. The van der Waals surface area contributed by atoms with Gasteiger partial charge < -0.3 is 14.6 Å². The highest BCUT2D eigenvalue weighted by Gasteiger charge is 2.27. The van der Waals surface area contributed by atoms with Gasteiger partial charge in [-0.1, -0.05) is 18.2 Å². The van der Waals surface area contributed by atoms with Gasteiger partial charge in [0.2, 0.25) is 0 Å². The molecule has 0 spiro atoms. The third-order valence-electron chi connectivity index (χ3n) is 3.80. The summed E-state index contributed by atoms with van der Waals surface area (Å²) in [6.07, 6.45) is 3.52. The van der Waals surface area contributed by atoms with Crippen molar-refractivity contribution < 1.29 is 9.21 Å². The normalized spacial score (nSPS) is 18.4. The number of nitrogens with one attached hydrogen (secondary N) is 1. The molecule has 4 heteroatoms. The molecular formula is C16H18N2O2. The smallest absolute Gasteiger partial charge is 0.293 e. The third kappa shape index (κ3) is 2.23. The number of amides is 1. The Morgan fingerprint density at radius 3 is 2.90 bits per heavy atom. The molecular weight excluding hydrogens is 252 g/mol. The summed E-state index contributed by atoms with van der Waals surface area (Å²) in [4.78, 5) is 14.4. The molecule has 0 aliphatic carbocycles. The molecule has 2 aromatic rings. The zero-order chi connectivity index (χ0) is 13.9. The van der Waals surface area contributed by atoms with Crippen molar-refractivity contribution in [3.8, 4) is 0 Å². The summed E-state index contributed by atoms with van der Waals surface area (Å²) >= 11 is 0. The maximum absolute atomic E-state index is 12.6. The summed E-state index contributed by atoms with van der Waals surface area (Å²) in [7, 11) is 1.96. The summed E-state index contributed by atoms with van der Waals surface area (Å²) in [6, 6.07) is 11.8. The van der Waals surface area contributed by atoms with E-state index < -0.39 is 0 Å². The number of para-hydroxylation sites is 1. The number of anilines is 1. The van der Waals surface area contributed by atoms with Gasteiger partial charge in [-0.3, -0.25) is 4.79 Å². The fourth-order valence-corrected chi connectivity index (χ4v) is 2.80. The van der Waals surface area contributed by atoms with Gasteiger partial charge in [0.15, 0.2) is 5.76 Å². The SMILES string of the molecule is CNC1CCCN(C(=O)c2ccco2)c2ccccc21. The molecule has 3 rings (SSSR count). The third-order valence-corrected chi connectivity index (χ3v) is 3.80. The fraction of sp³-hybridized carbons (Fsp3) is 0.312. The van der Waals surface area contributed by atoms with Crippen LogP contribution in [0.15, 0.2) is 47.1 Å². The van der Waals surface area contributed by atoms with Crippen molar-refractivity contribution in [2.75, 3.05) is 18.5 Å². The number of benzene rings is 1. The molecule has 4 nitrogen and oxygen atoms in total. The van der Waals surface area contributed by atoms with E-state index in [0.29, 0.717) is 18.3 Å². The van der Waals surface area contributed by atoms with E-state index in [0.717, 1.165) is 18.5 Å². The van der Waals surface area contributed by atoms with Crippen LogP contribution < -0.4 is 10.2 Å². The van der Waals surface area contributed by atoms with Gasteiger partial charge in [-0.25, -0.2) is 0 Å². The van der Waals surface area contributed by atoms with Crippen LogP contribution in [-0.4, -0.2) is 19.5 Å². The summed E-state index contributed by atoms with van der Waals surface area (Å²) in [5, 5.41) is 3.33. The Morgan fingerprint density at radius 2 is 2.15 bits per heavy atom. The molecule has 0 saturated heterocycles. The number of rotatable bonds is 2. The molecule has 104 valence electrons. The Hall–Kier alpha value is -2.07. The van der Waals surface area contributed by atoms with Crippen LogP contribution in [-0.2, 0) is 0 Å². The molecule has 0 radical (unpaired) electrons. The standard InChI is InChI=1S/C16H18N2O2/c1-17-13-7-4-10-18(14-8-3-2-6-12(13)14)16(19)15-9-5-11-20-15/h2-3,5-6,8-9,11,13,17H,4,7,10H2,1H3. The van der Waals surface area contributed by atoms with Crippen molar-refractivity contribution in [1.82, 2.24) is 5.32 Å². The number of fused-ring (bicyclic) bond motifs is 1. The monoisotopic (exact) mass is 270 g/mol. The van der Waals surface area contributed by atoms with Gasteiger partial charge >= 0.3 is 0 Å². The Bertz CT molecular complexity index is 592. The Morgan fingerprint density at radius 1 is 1.30 bits per heavy atom. The summed E-state index contributed by atoms with van der Waals surface area (Å²) in [5.74, 6) is 0.321. The van der Waals surface area contributed by atoms with E-state index in [1.54, 1.807) is 12.1 Å². The van der Waals surface area contributed by atoms with Crippen LogP contribution in [0.3, 0.4) is 0 Å². The van der Waals surface area contributed by atoms with E-state index >= 15 is 0 Å². The second-order valence-corrected chi connectivity index (χ2v) is 4.98. The molecule has 20 heavy (non-hydrogen) atoms. The first kappa shape index (κ1) is 12.9. The number of carbonyl (C=O) groups is 1. The summed E-state index contributed by atoms with van der Waals surface area (Å²) < 4.78 is 5.25. The highest BCUT2D eigenvalue weighted by molar-refractivity contribution is 6.04. The van der Waals surface area contributed by atoms with Gasteiger partial charge in [-0.15, -0.1) is 0 Å². The minimum Gasteiger partial charge on any atom is -0.459 e. The molecule has 1 aliphatic rings. The van der Waals surface area contributed by atoms with Crippen molar-refractivity contribution in [1.29, 1.82) is 0 Å². The van der Waals surface area contributed by atoms with Crippen molar-refractivity contribution in [3.63, 3.8) is 0 Å². The van der Waals surface area contributed by atoms with Crippen LogP contribution in [0, 0.1) is 0 Å². The van der Waals surface area contributed by atoms with Crippen molar-refractivity contribution >= 4 is 11.6 Å². The average Bonchev–Trinajstić information content (AvgIpc) is 2.95. The summed E-state index contributed by atoms with van der Waals surface area (Å²) in [5.41, 5.74) is 2.15. The van der Waals surface area contributed by atoms with Crippen LogP contribution >= 0.6 is 0 Å². The molecule has 0 bridgehead atoms. The predicted octanol–water partition coefficient (Wildman–Crippen LogP) is 2.98. The molecule has 2 heterocycles. The Balaban J connectivity index is 2.01. The number of furan rings is 1. The van der Waals surface area contributed by atoms with E-state index in [-0.39, 0.29) is 5.91 Å². The topological polar surface area (TPSA) is 45.5 Å². The molecule has 1 N–H and O–H groups in total. The van der Waals surface area contributed by atoms with Gasteiger partial charge in [0, 0.05) is 18.3 Å².